The van der Waals surface area contributed by atoms with Crippen LogP contribution in [0.15, 0.2) is 84.2 Å². The minimum absolute atomic E-state index is 0.327. The molecule has 0 bridgehead atoms. The standard InChI is InChI=1S/C26H23F3N6S/c1-18(2)23-5-3-4-6-24(23)35(17-36)33-31-15-19-7-9-20(10-8-19)25-30-16-34(32-25)22-13-11-21(12-14-22)26(27,28)29/h3-18,33H,1-2H3/b31-15+. The number of para-hydroxylation sites is 1. The van der Waals surface area contributed by atoms with Crippen LogP contribution in [0.1, 0.15) is 36.5 Å². The molecule has 10 heteroatoms. The molecule has 1 N–H and O–H groups in total. The number of hydrazone groups is 1. The number of anilines is 1. The molecule has 0 amide bonds. The second-order valence-corrected chi connectivity index (χ2v) is 8.44. The first-order valence-corrected chi connectivity index (χ1v) is 11.6. The van der Waals surface area contributed by atoms with Crippen LogP contribution in [0.25, 0.3) is 17.1 Å². The Morgan fingerprint density at radius 3 is 2.33 bits per heavy atom. The molecule has 4 rings (SSSR count). The molecule has 0 radical (unpaired) electrons. The van der Waals surface area contributed by atoms with Gasteiger partial charge in [-0.25, -0.2) is 20.2 Å². The van der Waals surface area contributed by atoms with Gasteiger partial charge in [0.05, 0.1) is 28.6 Å². The van der Waals surface area contributed by atoms with E-state index in [4.69, 9.17) is 12.2 Å². The first-order chi connectivity index (χ1) is 17.3. The van der Waals surface area contributed by atoms with Gasteiger partial charge in [-0.1, -0.05) is 68.5 Å². The van der Waals surface area contributed by atoms with E-state index in [1.165, 1.54) is 28.6 Å². The Hall–Kier alpha value is -4.05. The van der Waals surface area contributed by atoms with Crippen LogP contribution in [-0.4, -0.2) is 26.5 Å². The number of thiocarbonyl (C=S) groups is 1. The fraction of sp³-hybridized carbons (Fsp3) is 0.154. The molecular formula is C26H23F3N6S. The van der Waals surface area contributed by atoms with Crippen molar-refractivity contribution < 1.29 is 13.2 Å². The van der Waals surface area contributed by atoms with Crippen molar-refractivity contribution in [3.8, 4) is 17.1 Å². The summed E-state index contributed by atoms with van der Waals surface area (Å²) < 4.78 is 39.8. The maximum Gasteiger partial charge on any atom is 0.416 e. The Morgan fingerprint density at radius 2 is 1.69 bits per heavy atom. The highest BCUT2D eigenvalue weighted by Crippen LogP contribution is 2.29. The lowest BCUT2D eigenvalue weighted by molar-refractivity contribution is -0.137. The highest BCUT2D eigenvalue weighted by atomic mass is 32.1. The fourth-order valence-corrected chi connectivity index (χ4v) is 3.70. The SMILES string of the molecule is CC(C)c1ccccc1N(C=S)N/N=C/c1ccc(-c2ncn(-c3ccc(C(F)(F)F)cc3)n2)cc1. The Bertz CT molecular complexity index is 1350. The van der Waals surface area contributed by atoms with Gasteiger partial charge in [-0.05, 0) is 47.4 Å². The zero-order valence-corrected chi connectivity index (χ0v) is 20.3. The third-order valence-corrected chi connectivity index (χ3v) is 5.63. The number of hydrogen-bond donors (Lipinski definition) is 1. The maximum atomic E-state index is 12.8. The molecule has 0 saturated carbocycles. The summed E-state index contributed by atoms with van der Waals surface area (Å²) in [6.45, 7) is 4.24. The topological polar surface area (TPSA) is 58.3 Å². The van der Waals surface area contributed by atoms with E-state index in [-0.39, 0.29) is 0 Å². The van der Waals surface area contributed by atoms with Gasteiger partial charge < -0.3 is 0 Å². The molecule has 4 aromatic rings. The van der Waals surface area contributed by atoms with Crippen LogP contribution in [0, 0.1) is 0 Å². The van der Waals surface area contributed by atoms with Crippen molar-refractivity contribution in [1.82, 2.24) is 20.3 Å². The van der Waals surface area contributed by atoms with Gasteiger partial charge in [0.2, 0.25) is 0 Å². The van der Waals surface area contributed by atoms with E-state index in [9.17, 15) is 13.2 Å². The Balaban J connectivity index is 1.43. The van der Waals surface area contributed by atoms with Crippen molar-refractivity contribution >= 4 is 29.6 Å². The smallest absolute Gasteiger partial charge is 0.237 e. The molecule has 0 aliphatic rings. The normalized spacial score (nSPS) is 11.7. The number of halogens is 3. The number of hydrazine groups is 1. The van der Waals surface area contributed by atoms with Crippen molar-refractivity contribution in [1.29, 1.82) is 0 Å². The predicted molar refractivity (Wildman–Crippen MR) is 139 cm³/mol. The van der Waals surface area contributed by atoms with Crippen LogP contribution < -0.4 is 10.5 Å². The average molecular weight is 509 g/mol. The summed E-state index contributed by atoms with van der Waals surface area (Å²) >= 11 is 5.16. The lowest BCUT2D eigenvalue weighted by Gasteiger charge is -2.22. The molecule has 0 aliphatic carbocycles. The zero-order chi connectivity index (χ0) is 25.7. The third-order valence-electron chi connectivity index (χ3n) is 5.42. The lowest BCUT2D eigenvalue weighted by atomic mass is 10.0. The van der Waals surface area contributed by atoms with Crippen molar-refractivity contribution in [2.75, 3.05) is 5.01 Å². The predicted octanol–water partition coefficient (Wildman–Crippen LogP) is 6.38. The van der Waals surface area contributed by atoms with Crippen molar-refractivity contribution in [3.05, 3.63) is 95.8 Å². The Kier molecular flexibility index (Phi) is 7.44. The molecule has 36 heavy (non-hydrogen) atoms. The summed E-state index contributed by atoms with van der Waals surface area (Å²) in [5.41, 5.74) is 7.91. The quantitative estimate of drug-likeness (QED) is 0.170. The average Bonchev–Trinajstić information content (AvgIpc) is 3.37. The minimum atomic E-state index is -4.38. The number of aromatic nitrogens is 3. The summed E-state index contributed by atoms with van der Waals surface area (Å²) in [5.74, 6) is 0.780. The molecule has 1 heterocycles. The highest BCUT2D eigenvalue weighted by Gasteiger charge is 2.30. The van der Waals surface area contributed by atoms with Crippen molar-refractivity contribution in [2.45, 2.75) is 25.9 Å². The van der Waals surface area contributed by atoms with Crippen LogP contribution in [0.3, 0.4) is 0 Å². The van der Waals surface area contributed by atoms with E-state index >= 15 is 0 Å². The van der Waals surface area contributed by atoms with Gasteiger partial charge in [0.1, 0.15) is 6.33 Å². The Labute approximate surface area is 212 Å². The van der Waals surface area contributed by atoms with E-state index < -0.39 is 11.7 Å². The van der Waals surface area contributed by atoms with Crippen molar-refractivity contribution in [2.24, 2.45) is 5.10 Å². The van der Waals surface area contributed by atoms with Gasteiger partial charge in [-0.3, -0.25) is 0 Å². The zero-order valence-electron chi connectivity index (χ0n) is 19.5. The number of alkyl halides is 3. The van der Waals surface area contributed by atoms with Gasteiger partial charge in [0.15, 0.2) is 5.82 Å². The van der Waals surface area contributed by atoms with E-state index in [0.717, 1.165) is 34.5 Å². The number of nitrogens with zero attached hydrogens (tertiary/aromatic N) is 5. The van der Waals surface area contributed by atoms with Crippen LogP contribution in [0.5, 0.6) is 0 Å². The van der Waals surface area contributed by atoms with E-state index in [1.54, 1.807) is 11.2 Å². The highest BCUT2D eigenvalue weighted by molar-refractivity contribution is 7.79. The minimum Gasteiger partial charge on any atom is -0.237 e. The summed E-state index contributed by atoms with van der Waals surface area (Å²) in [7, 11) is 0. The molecule has 0 unspecified atom stereocenters. The molecule has 0 spiro atoms. The van der Waals surface area contributed by atoms with Crippen LogP contribution >= 0.6 is 12.2 Å². The largest absolute Gasteiger partial charge is 0.416 e. The van der Waals surface area contributed by atoms with E-state index in [0.29, 0.717) is 17.4 Å². The molecule has 0 aliphatic heterocycles. The fourth-order valence-electron chi connectivity index (χ4n) is 3.54. The summed E-state index contributed by atoms with van der Waals surface area (Å²) in [5, 5.41) is 10.4. The third kappa shape index (κ3) is 5.77. The van der Waals surface area contributed by atoms with Crippen LogP contribution in [-0.2, 0) is 6.18 Å². The second kappa shape index (κ2) is 10.7. The van der Waals surface area contributed by atoms with Gasteiger partial charge in [-0.2, -0.15) is 18.3 Å². The maximum absolute atomic E-state index is 12.8. The van der Waals surface area contributed by atoms with E-state index in [1.807, 2.05) is 42.5 Å². The van der Waals surface area contributed by atoms with Crippen LogP contribution in [0.2, 0.25) is 0 Å². The lowest BCUT2D eigenvalue weighted by Crippen LogP contribution is -2.33. The molecular weight excluding hydrogens is 485 g/mol. The number of rotatable bonds is 8. The Morgan fingerprint density at radius 1 is 1.00 bits per heavy atom. The first-order valence-electron chi connectivity index (χ1n) is 11.1. The monoisotopic (exact) mass is 508 g/mol. The molecule has 6 nitrogen and oxygen atoms in total. The molecule has 0 saturated heterocycles. The molecule has 3 aromatic carbocycles. The van der Waals surface area contributed by atoms with Crippen LogP contribution in [0.4, 0.5) is 18.9 Å². The van der Waals surface area contributed by atoms with Crippen molar-refractivity contribution in [3.63, 3.8) is 0 Å². The summed E-state index contributed by atoms with van der Waals surface area (Å²) in [4.78, 5) is 4.28. The molecule has 0 fully saturated rings. The van der Waals surface area contributed by atoms with Gasteiger partial charge in [-0.15, -0.1) is 5.10 Å². The summed E-state index contributed by atoms with van der Waals surface area (Å²) in [6, 6.07) is 20.2. The second-order valence-electron chi connectivity index (χ2n) is 8.23. The molecule has 0 atom stereocenters. The van der Waals surface area contributed by atoms with Gasteiger partial charge >= 0.3 is 6.18 Å². The number of hydrogen-bond acceptors (Lipinski definition) is 5. The van der Waals surface area contributed by atoms with E-state index in [2.05, 4.69) is 40.6 Å². The molecule has 1 aromatic heterocycles. The van der Waals surface area contributed by atoms with Gasteiger partial charge in [0, 0.05) is 5.56 Å². The number of nitrogens with one attached hydrogen (secondary N) is 1. The summed E-state index contributed by atoms with van der Waals surface area (Å²) in [6.07, 6.45) is -1.25. The van der Waals surface area contributed by atoms with Gasteiger partial charge in [0.25, 0.3) is 0 Å². The number of benzene rings is 3. The first kappa shape index (κ1) is 25.1. The molecule has 184 valence electrons.